The van der Waals surface area contributed by atoms with Crippen molar-refractivity contribution in [3.63, 3.8) is 0 Å². The lowest BCUT2D eigenvalue weighted by atomic mass is 10.0. The van der Waals surface area contributed by atoms with E-state index in [4.69, 9.17) is 5.73 Å². The van der Waals surface area contributed by atoms with Crippen LogP contribution in [0.2, 0.25) is 0 Å². The number of Topliss-reactive ketones (excluding diaryl/α,β-unsaturated/α-hetero) is 1. The Balaban J connectivity index is 3.79. The second-order valence-electron chi connectivity index (χ2n) is 11.9. The van der Waals surface area contributed by atoms with Crippen molar-refractivity contribution in [2.45, 2.75) is 180 Å². The molecule has 2 amide bonds. The van der Waals surface area contributed by atoms with Gasteiger partial charge in [0.15, 0.2) is 0 Å². The average Bonchev–Trinajstić information content (AvgIpc) is 2.96. The molecule has 0 fully saturated rings. The summed E-state index contributed by atoms with van der Waals surface area (Å²) in [6.07, 6.45) is 25.3. The van der Waals surface area contributed by atoms with E-state index in [1.54, 1.807) is 0 Å². The predicted octanol–water partition coefficient (Wildman–Crippen LogP) is 6.48. The van der Waals surface area contributed by atoms with Gasteiger partial charge < -0.3 is 16.2 Å². The first kappa shape index (κ1) is 40.0. The number of carbonyl (C=O) groups excluding carboxylic acids is 3. The van der Waals surface area contributed by atoms with Crippen LogP contribution in [0, 0.1) is 0 Å². The van der Waals surface area contributed by atoms with Crippen LogP contribution in [0.25, 0.3) is 0 Å². The Morgan fingerprint density at radius 2 is 1.07 bits per heavy atom. The van der Waals surface area contributed by atoms with E-state index in [0.29, 0.717) is 19.4 Å². The quantitative estimate of drug-likeness (QED) is 0.0454. The first-order valence-corrected chi connectivity index (χ1v) is 17.1. The van der Waals surface area contributed by atoms with Crippen LogP contribution in [0.4, 0.5) is 0 Å². The summed E-state index contributed by atoms with van der Waals surface area (Å²) in [5.74, 6) is -1.98. The Bertz CT molecular complexity index is 704. The minimum Gasteiger partial charge on any atom is -0.480 e. The number of ketones is 1. The van der Waals surface area contributed by atoms with Crippen LogP contribution in [0.5, 0.6) is 0 Å². The summed E-state index contributed by atoms with van der Waals surface area (Å²) in [7, 11) is 0. The third kappa shape index (κ3) is 25.7. The fourth-order valence-corrected chi connectivity index (χ4v) is 5.09. The molecule has 9 heteroatoms. The van der Waals surface area contributed by atoms with E-state index >= 15 is 0 Å². The van der Waals surface area contributed by atoms with Crippen molar-refractivity contribution in [3.05, 3.63) is 0 Å². The zero-order chi connectivity index (χ0) is 31.3. The number of unbranched alkanes of at least 4 members (excludes halogenated alkanes) is 18. The number of nitrogens with two attached hydrogens (primary N) is 1. The molecule has 0 aliphatic carbocycles. The number of nitrogens with one attached hydrogen (secondary N) is 3. The summed E-state index contributed by atoms with van der Waals surface area (Å²) in [6, 6.07) is -1.63. The molecule has 0 spiro atoms. The molecule has 0 aromatic rings. The van der Waals surface area contributed by atoms with Crippen molar-refractivity contribution in [2.24, 2.45) is 5.73 Å². The molecular formula is C33H64N4O5. The molecule has 0 aromatic heterocycles. The van der Waals surface area contributed by atoms with Crippen molar-refractivity contribution in [1.29, 1.82) is 0 Å². The molecule has 6 N–H and O–H groups in total. The van der Waals surface area contributed by atoms with E-state index in [0.717, 1.165) is 32.1 Å². The lowest BCUT2D eigenvalue weighted by Crippen LogP contribution is -2.48. The van der Waals surface area contributed by atoms with E-state index in [-0.39, 0.29) is 24.5 Å². The molecular weight excluding hydrogens is 532 g/mol. The van der Waals surface area contributed by atoms with Crippen LogP contribution in [0.1, 0.15) is 168 Å². The van der Waals surface area contributed by atoms with Crippen LogP contribution in [-0.2, 0) is 19.2 Å². The van der Waals surface area contributed by atoms with Gasteiger partial charge in [0, 0.05) is 12.8 Å². The maximum absolute atomic E-state index is 12.3. The van der Waals surface area contributed by atoms with Crippen molar-refractivity contribution < 1.29 is 24.3 Å². The fourth-order valence-electron chi connectivity index (χ4n) is 5.09. The smallest absolute Gasteiger partial charge is 0.326 e. The Labute approximate surface area is 256 Å². The van der Waals surface area contributed by atoms with Gasteiger partial charge >= 0.3 is 5.97 Å². The summed E-state index contributed by atoms with van der Waals surface area (Å²) < 4.78 is 0. The SMILES string of the molecule is CCCCCCCCCCCCCCCCCCCCC(=O)NC(CCC(=O)NN[C@@H](CCCCN)C(C)=O)C(=O)O. The van der Waals surface area contributed by atoms with Gasteiger partial charge in [-0.15, -0.1) is 0 Å². The Morgan fingerprint density at radius 3 is 1.50 bits per heavy atom. The topological polar surface area (TPSA) is 151 Å². The number of hydrogen-bond donors (Lipinski definition) is 5. The highest BCUT2D eigenvalue weighted by Crippen LogP contribution is 2.14. The maximum Gasteiger partial charge on any atom is 0.326 e. The van der Waals surface area contributed by atoms with E-state index in [1.165, 1.54) is 103 Å². The van der Waals surface area contributed by atoms with Gasteiger partial charge in [-0.3, -0.25) is 19.8 Å². The average molecular weight is 597 g/mol. The number of carbonyl (C=O) groups is 4. The molecule has 246 valence electrons. The van der Waals surface area contributed by atoms with Crippen LogP contribution in [0.15, 0.2) is 0 Å². The Morgan fingerprint density at radius 1 is 0.595 bits per heavy atom. The highest BCUT2D eigenvalue weighted by molar-refractivity contribution is 5.84. The fraction of sp³-hybridized carbons (Fsp3) is 0.879. The van der Waals surface area contributed by atoms with Crippen LogP contribution in [-0.4, -0.2) is 47.3 Å². The van der Waals surface area contributed by atoms with Crippen molar-refractivity contribution in [2.75, 3.05) is 6.54 Å². The van der Waals surface area contributed by atoms with Gasteiger partial charge in [-0.25, -0.2) is 10.2 Å². The van der Waals surface area contributed by atoms with Crippen molar-refractivity contribution in [1.82, 2.24) is 16.2 Å². The van der Waals surface area contributed by atoms with Gasteiger partial charge in [0.05, 0.1) is 6.04 Å². The van der Waals surface area contributed by atoms with Crippen molar-refractivity contribution >= 4 is 23.6 Å². The zero-order valence-electron chi connectivity index (χ0n) is 27.0. The molecule has 2 atom stereocenters. The number of rotatable bonds is 31. The maximum atomic E-state index is 12.3. The predicted molar refractivity (Wildman–Crippen MR) is 171 cm³/mol. The molecule has 0 aliphatic rings. The molecule has 0 heterocycles. The van der Waals surface area contributed by atoms with E-state index in [9.17, 15) is 24.3 Å². The third-order valence-electron chi connectivity index (χ3n) is 7.87. The summed E-state index contributed by atoms with van der Waals surface area (Å²) in [5, 5.41) is 12.0. The molecule has 0 aliphatic heterocycles. The van der Waals surface area contributed by atoms with Gasteiger partial charge in [-0.05, 0) is 39.2 Å². The monoisotopic (exact) mass is 596 g/mol. The third-order valence-corrected chi connectivity index (χ3v) is 7.87. The number of amides is 2. The minimum absolute atomic E-state index is 0.0222. The van der Waals surface area contributed by atoms with Crippen molar-refractivity contribution in [3.8, 4) is 0 Å². The van der Waals surface area contributed by atoms with Gasteiger partial charge in [0.1, 0.15) is 11.8 Å². The lowest BCUT2D eigenvalue weighted by Gasteiger charge is -2.17. The molecule has 0 saturated carbocycles. The normalized spacial score (nSPS) is 12.5. The molecule has 1 unspecified atom stereocenters. The Hall–Kier alpha value is -2.00. The number of hydrazine groups is 1. The largest absolute Gasteiger partial charge is 0.480 e. The molecule has 0 radical (unpaired) electrons. The molecule has 0 bridgehead atoms. The van der Waals surface area contributed by atoms with E-state index in [2.05, 4.69) is 23.1 Å². The minimum atomic E-state index is -1.16. The number of carboxylic acid groups (broad SMARTS) is 1. The van der Waals surface area contributed by atoms with Crippen LogP contribution >= 0.6 is 0 Å². The molecule has 0 rings (SSSR count). The molecule has 0 saturated heterocycles. The van der Waals surface area contributed by atoms with Gasteiger partial charge in [0.25, 0.3) is 0 Å². The number of carboxylic acids is 1. The summed E-state index contributed by atoms with van der Waals surface area (Å²) in [6.45, 7) is 4.25. The van der Waals surface area contributed by atoms with Gasteiger partial charge in [-0.2, -0.15) is 0 Å². The highest BCUT2D eigenvalue weighted by atomic mass is 16.4. The Kier molecular flexibility index (Phi) is 27.7. The van der Waals surface area contributed by atoms with Crippen LogP contribution in [0.3, 0.4) is 0 Å². The summed E-state index contributed by atoms with van der Waals surface area (Å²) >= 11 is 0. The lowest BCUT2D eigenvalue weighted by molar-refractivity contribution is -0.142. The highest BCUT2D eigenvalue weighted by Gasteiger charge is 2.21. The molecule has 42 heavy (non-hydrogen) atoms. The standard InChI is InChI=1S/C33H64N4O5/c1-3-4-5-6-7-8-9-10-11-12-13-14-15-16-17-18-19-20-24-31(39)35-30(33(41)42)25-26-32(40)37-36-29(28(2)38)23-21-22-27-34/h29-30,36H,3-27,34H2,1-2H3,(H,35,39)(H,37,40)(H,41,42)/t29-,30?/m0/s1. The van der Waals surface area contributed by atoms with E-state index < -0.39 is 24.0 Å². The number of hydrogen-bond acceptors (Lipinski definition) is 6. The summed E-state index contributed by atoms with van der Waals surface area (Å²) in [4.78, 5) is 47.7. The zero-order valence-corrected chi connectivity index (χ0v) is 27.0. The first-order valence-electron chi connectivity index (χ1n) is 17.1. The second kappa shape index (κ2) is 29.1. The van der Waals surface area contributed by atoms with Crippen LogP contribution < -0.4 is 21.9 Å². The molecule has 9 nitrogen and oxygen atoms in total. The number of aliphatic carboxylic acids is 1. The van der Waals surface area contributed by atoms with E-state index in [1.807, 2.05) is 0 Å². The van der Waals surface area contributed by atoms with Gasteiger partial charge in [-0.1, -0.05) is 122 Å². The van der Waals surface area contributed by atoms with Gasteiger partial charge in [0.2, 0.25) is 11.8 Å². The second-order valence-corrected chi connectivity index (χ2v) is 11.9. The summed E-state index contributed by atoms with van der Waals surface area (Å²) in [5.41, 5.74) is 10.7. The first-order chi connectivity index (χ1) is 20.3. The molecule has 0 aromatic carbocycles.